The minimum Gasteiger partial charge on any atom is -0.494 e. The molecule has 3 N–H and O–H groups in total. The summed E-state index contributed by atoms with van der Waals surface area (Å²) in [7, 11) is -0.368. The van der Waals surface area contributed by atoms with Gasteiger partial charge in [-0.3, -0.25) is 19.6 Å². The summed E-state index contributed by atoms with van der Waals surface area (Å²) in [6.07, 6.45) is -0.990. The van der Waals surface area contributed by atoms with E-state index in [9.17, 15) is 18.6 Å². The largest absolute Gasteiger partial charge is 0.494 e. The lowest BCUT2D eigenvalue weighted by Crippen LogP contribution is -2.53. The van der Waals surface area contributed by atoms with Crippen LogP contribution < -0.4 is 20.7 Å². The average Bonchev–Trinajstić information content (AvgIpc) is 2.77. The molecule has 0 bridgehead atoms. The first-order valence-electron chi connectivity index (χ1n) is 11.4. The highest BCUT2D eigenvalue weighted by molar-refractivity contribution is 7.85. The minimum atomic E-state index is -1.55. The zero-order valence-electron chi connectivity index (χ0n) is 21.7. The van der Waals surface area contributed by atoms with Crippen molar-refractivity contribution < 1.29 is 32.8 Å². The van der Waals surface area contributed by atoms with Crippen LogP contribution in [0.5, 0.6) is 5.75 Å². The molecule has 1 aromatic rings. The number of nitriles is 1. The number of carbonyl (C=O) groups excluding carboxylic acids is 3. The standard InChI is InChI=1S/C24H36N4O7S/c1-16-13-18(34-12-7-9-19(29)26-11-8-10-25)14-17(2)20(16)36(32)15-27-21(22(30)33-6)28-23(31)35-24(3,4)5/h13-14,21,27H,7-9,11-12,15H2,1-6H3,(H,26,29)(H,28,31). The van der Waals surface area contributed by atoms with Gasteiger partial charge in [0, 0.05) is 17.9 Å². The third kappa shape index (κ3) is 11.5. The van der Waals surface area contributed by atoms with Crippen LogP contribution >= 0.6 is 0 Å². The van der Waals surface area contributed by atoms with E-state index in [2.05, 4.69) is 16.0 Å². The van der Waals surface area contributed by atoms with Crippen molar-refractivity contribution in [3.05, 3.63) is 23.3 Å². The second-order valence-corrected chi connectivity index (χ2v) is 10.3. The Morgan fingerprint density at radius 3 is 2.36 bits per heavy atom. The highest BCUT2D eigenvalue weighted by Crippen LogP contribution is 2.25. The van der Waals surface area contributed by atoms with E-state index >= 15 is 0 Å². The topological polar surface area (TPSA) is 156 Å². The fourth-order valence-corrected chi connectivity index (χ4v) is 4.39. The van der Waals surface area contributed by atoms with Crippen molar-refractivity contribution >= 4 is 28.8 Å². The Kier molecular flexibility index (Phi) is 12.9. The molecule has 0 aliphatic carbocycles. The molecule has 0 aliphatic heterocycles. The molecule has 0 spiro atoms. The monoisotopic (exact) mass is 524 g/mol. The molecule has 2 atom stereocenters. The van der Waals surface area contributed by atoms with Crippen LogP contribution in [0.4, 0.5) is 4.79 Å². The highest BCUT2D eigenvalue weighted by atomic mass is 32.2. The summed E-state index contributed by atoms with van der Waals surface area (Å²) in [4.78, 5) is 36.4. The Morgan fingerprint density at radius 1 is 1.17 bits per heavy atom. The van der Waals surface area contributed by atoms with E-state index in [1.807, 2.05) is 6.07 Å². The Bertz CT molecular complexity index is 963. The van der Waals surface area contributed by atoms with Gasteiger partial charge in [0.05, 0.1) is 42.9 Å². The van der Waals surface area contributed by atoms with Crippen molar-refractivity contribution in [1.29, 1.82) is 5.26 Å². The number of hydrogen-bond donors (Lipinski definition) is 3. The molecule has 1 aromatic carbocycles. The van der Waals surface area contributed by atoms with Crippen molar-refractivity contribution in [1.82, 2.24) is 16.0 Å². The Hall–Kier alpha value is -3.17. The van der Waals surface area contributed by atoms with Crippen LogP contribution in [0.2, 0.25) is 0 Å². The number of rotatable bonds is 13. The summed E-state index contributed by atoms with van der Waals surface area (Å²) in [5, 5.41) is 16.3. The van der Waals surface area contributed by atoms with E-state index in [0.29, 0.717) is 30.2 Å². The van der Waals surface area contributed by atoms with Gasteiger partial charge in [0.15, 0.2) is 6.17 Å². The number of hydrogen-bond acceptors (Lipinski definition) is 9. The van der Waals surface area contributed by atoms with Crippen LogP contribution in [-0.4, -0.2) is 60.1 Å². The summed E-state index contributed by atoms with van der Waals surface area (Å²) in [6, 6.07) is 5.47. The second kappa shape index (κ2) is 15.1. The van der Waals surface area contributed by atoms with Gasteiger partial charge in [0.2, 0.25) is 5.91 Å². The van der Waals surface area contributed by atoms with E-state index in [4.69, 9.17) is 19.5 Å². The fourth-order valence-electron chi connectivity index (χ4n) is 3.09. The molecule has 0 heterocycles. The van der Waals surface area contributed by atoms with Crippen molar-refractivity contribution in [2.24, 2.45) is 0 Å². The molecule has 12 heteroatoms. The van der Waals surface area contributed by atoms with Crippen molar-refractivity contribution in [3.8, 4) is 11.8 Å². The van der Waals surface area contributed by atoms with Crippen LogP contribution in [0.3, 0.4) is 0 Å². The predicted molar refractivity (Wildman–Crippen MR) is 133 cm³/mol. The van der Waals surface area contributed by atoms with E-state index in [1.54, 1.807) is 46.8 Å². The average molecular weight is 525 g/mol. The molecule has 36 heavy (non-hydrogen) atoms. The highest BCUT2D eigenvalue weighted by Gasteiger charge is 2.25. The molecule has 1 rings (SSSR count). The Balaban J connectivity index is 2.70. The van der Waals surface area contributed by atoms with Gasteiger partial charge in [-0.2, -0.15) is 5.26 Å². The third-order valence-corrected chi connectivity index (χ3v) is 6.08. The second-order valence-electron chi connectivity index (χ2n) is 8.89. The van der Waals surface area contributed by atoms with E-state index in [0.717, 1.165) is 11.1 Å². The lowest BCUT2D eigenvalue weighted by atomic mass is 10.1. The molecule has 0 radical (unpaired) electrons. The van der Waals surface area contributed by atoms with Crippen LogP contribution in [0.15, 0.2) is 17.0 Å². The molecule has 2 unspecified atom stereocenters. The zero-order valence-corrected chi connectivity index (χ0v) is 22.5. The predicted octanol–water partition coefficient (Wildman–Crippen LogP) is 2.17. The zero-order chi connectivity index (χ0) is 27.3. The molecule has 0 aliphatic rings. The van der Waals surface area contributed by atoms with Gasteiger partial charge in [-0.1, -0.05) is 0 Å². The van der Waals surface area contributed by atoms with E-state index in [1.165, 1.54) is 7.11 Å². The number of alkyl carbamates (subject to hydrolysis) is 1. The number of carbonyl (C=O) groups is 3. The van der Waals surface area contributed by atoms with Crippen molar-refractivity contribution in [2.75, 3.05) is 26.1 Å². The van der Waals surface area contributed by atoms with Crippen LogP contribution in [0.25, 0.3) is 0 Å². The SMILES string of the molecule is COC(=O)C(NCS(=O)c1c(C)cc(OCCCC(=O)NCCC#N)cc1C)NC(=O)OC(C)(C)C. The molecular weight excluding hydrogens is 488 g/mol. The van der Waals surface area contributed by atoms with E-state index in [-0.39, 0.29) is 24.6 Å². The van der Waals surface area contributed by atoms with Crippen LogP contribution in [0.1, 0.15) is 51.2 Å². The van der Waals surface area contributed by atoms with Crippen molar-refractivity contribution in [3.63, 3.8) is 0 Å². The number of benzene rings is 1. The van der Waals surface area contributed by atoms with Crippen LogP contribution in [-0.2, 0) is 29.9 Å². The number of nitrogens with zero attached hydrogens (tertiary/aromatic N) is 1. The maximum Gasteiger partial charge on any atom is 0.409 e. The number of nitrogens with one attached hydrogen (secondary N) is 3. The van der Waals surface area contributed by atoms with Gasteiger partial charge >= 0.3 is 12.1 Å². The molecule has 200 valence electrons. The van der Waals surface area contributed by atoms with Crippen LogP contribution in [0, 0.1) is 25.2 Å². The first-order chi connectivity index (χ1) is 16.9. The Labute approximate surface area is 214 Å². The van der Waals surface area contributed by atoms with E-state index < -0.39 is 34.6 Å². The van der Waals surface area contributed by atoms with Gasteiger partial charge in [0.1, 0.15) is 11.4 Å². The molecular formula is C24H36N4O7S. The quantitative estimate of drug-likeness (QED) is 0.200. The number of ether oxygens (including phenoxy) is 3. The first kappa shape index (κ1) is 30.9. The lowest BCUT2D eigenvalue weighted by Gasteiger charge is -2.23. The van der Waals surface area contributed by atoms with Gasteiger partial charge in [0.25, 0.3) is 0 Å². The summed E-state index contributed by atoms with van der Waals surface area (Å²) < 4.78 is 28.6. The molecule has 0 fully saturated rings. The summed E-state index contributed by atoms with van der Waals surface area (Å²) >= 11 is 0. The minimum absolute atomic E-state index is 0.127. The molecule has 0 aromatic heterocycles. The smallest absolute Gasteiger partial charge is 0.409 e. The van der Waals surface area contributed by atoms with Gasteiger partial charge in [-0.15, -0.1) is 0 Å². The normalized spacial score (nSPS) is 12.6. The number of amides is 2. The number of methoxy groups -OCH3 is 1. The molecule has 0 saturated carbocycles. The number of aryl methyl sites for hydroxylation is 2. The van der Waals surface area contributed by atoms with Crippen molar-refractivity contribution in [2.45, 2.75) is 70.5 Å². The summed E-state index contributed by atoms with van der Waals surface area (Å²) in [5.41, 5.74) is 0.707. The summed E-state index contributed by atoms with van der Waals surface area (Å²) in [5.74, 6) is -0.430. The Morgan fingerprint density at radius 2 is 1.81 bits per heavy atom. The maximum absolute atomic E-state index is 13.0. The van der Waals surface area contributed by atoms with Gasteiger partial charge in [-0.25, -0.2) is 9.59 Å². The molecule has 11 nitrogen and oxygen atoms in total. The third-order valence-electron chi connectivity index (χ3n) is 4.55. The summed E-state index contributed by atoms with van der Waals surface area (Å²) in [6.45, 7) is 9.33. The fraction of sp³-hybridized carbons (Fsp3) is 0.583. The lowest BCUT2D eigenvalue weighted by molar-refractivity contribution is -0.143. The maximum atomic E-state index is 13.0. The first-order valence-corrected chi connectivity index (χ1v) is 12.8. The number of esters is 1. The molecule has 2 amide bonds. The van der Waals surface area contributed by atoms with Gasteiger partial charge in [-0.05, 0) is 64.3 Å². The van der Waals surface area contributed by atoms with Gasteiger partial charge < -0.3 is 19.5 Å². The molecule has 0 saturated heterocycles.